The van der Waals surface area contributed by atoms with Crippen LogP contribution in [0.25, 0.3) is 0 Å². The van der Waals surface area contributed by atoms with Crippen molar-refractivity contribution in [2.75, 3.05) is 0 Å². The first-order chi connectivity index (χ1) is 9.29. The summed E-state index contributed by atoms with van der Waals surface area (Å²) in [5.41, 5.74) is 0.0694. The summed E-state index contributed by atoms with van der Waals surface area (Å²) < 4.78 is 41.9. The summed E-state index contributed by atoms with van der Waals surface area (Å²) in [5, 5.41) is 8.27. The number of aromatic carboxylic acids is 1. The monoisotopic (exact) mass is 318 g/mol. The second-order valence-electron chi connectivity index (χ2n) is 3.92. The minimum Gasteiger partial charge on any atom is -0.475 e. The zero-order valence-corrected chi connectivity index (χ0v) is 11.4. The summed E-state index contributed by atoms with van der Waals surface area (Å²) in [6.07, 6.45) is 0. The van der Waals surface area contributed by atoms with Crippen LogP contribution in [0.4, 0.5) is 4.39 Å². The van der Waals surface area contributed by atoms with Crippen molar-refractivity contribution in [3.05, 3.63) is 52.5 Å². The van der Waals surface area contributed by atoms with Gasteiger partial charge in [0.25, 0.3) is 0 Å². The molecule has 0 amide bonds. The molecule has 2 aromatic rings. The van der Waals surface area contributed by atoms with Crippen LogP contribution in [0.1, 0.15) is 16.1 Å². The first-order valence-corrected chi connectivity index (χ1v) is 7.32. The third-order valence-electron chi connectivity index (χ3n) is 2.45. The Morgan fingerprint density at radius 1 is 1.30 bits per heavy atom. The van der Waals surface area contributed by atoms with E-state index >= 15 is 0 Å². The van der Waals surface area contributed by atoms with E-state index in [-0.39, 0.29) is 10.6 Å². The summed E-state index contributed by atoms with van der Waals surface area (Å²) in [7, 11) is -3.95. The third kappa shape index (κ3) is 3.00. The van der Waals surface area contributed by atoms with Gasteiger partial charge in [0, 0.05) is 5.02 Å². The molecular weight excluding hydrogens is 311 g/mol. The molecule has 2 rings (SSSR count). The van der Waals surface area contributed by atoms with Gasteiger partial charge in [0.1, 0.15) is 5.82 Å². The van der Waals surface area contributed by atoms with Crippen molar-refractivity contribution >= 4 is 27.4 Å². The van der Waals surface area contributed by atoms with Crippen molar-refractivity contribution in [3.8, 4) is 0 Å². The molecule has 0 fully saturated rings. The maximum atomic E-state index is 13.1. The van der Waals surface area contributed by atoms with Crippen LogP contribution in [0.3, 0.4) is 0 Å². The van der Waals surface area contributed by atoms with Crippen molar-refractivity contribution < 1.29 is 27.1 Å². The highest BCUT2D eigenvalue weighted by molar-refractivity contribution is 7.90. The van der Waals surface area contributed by atoms with E-state index < -0.39 is 38.2 Å². The molecule has 20 heavy (non-hydrogen) atoms. The Morgan fingerprint density at radius 3 is 2.60 bits per heavy atom. The van der Waals surface area contributed by atoms with Crippen LogP contribution in [-0.2, 0) is 15.6 Å². The molecule has 0 spiro atoms. The van der Waals surface area contributed by atoms with Gasteiger partial charge in [-0.25, -0.2) is 17.6 Å². The van der Waals surface area contributed by atoms with Crippen molar-refractivity contribution in [2.24, 2.45) is 0 Å². The molecule has 0 saturated carbocycles. The van der Waals surface area contributed by atoms with Gasteiger partial charge in [-0.15, -0.1) is 0 Å². The second-order valence-corrected chi connectivity index (χ2v) is 6.25. The van der Waals surface area contributed by atoms with Gasteiger partial charge in [-0.1, -0.05) is 11.6 Å². The zero-order valence-electron chi connectivity index (χ0n) is 9.84. The number of hydrogen-bond donors (Lipinski definition) is 1. The normalized spacial score (nSPS) is 11.5. The molecule has 8 heteroatoms. The van der Waals surface area contributed by atoms with Crippen LogP contribution in [0.5, 0.6) is 0 Å². The average molecular weight is 319 g/mol. The second kappa shape index (κ2) is 5.26. The predicted molar refractivity (Wildman–Crippen MR) is 68.0 cm³/mol. The van der Waals surface area contributed by atoms with E-state index in [0.717, 1.165) is 24.3 Å². The van der Waals surface area contributed by atoms with E-state index in [9.17, 15) is 17.6 Å². The lowest BCUT2D eigenvalue weighted by Crippen LogP contribution is -2.05. The lowest BCUT2D eigenvalue weighted by Gasteiger charge is -2.04. The highest BCUT2D eigenvalue weighted by Gasteiger charge is 2.23. The number of furan rings is 1. The molecule has 0 aliphatic rings. The molecule has 0 bridgehead atoms. The zero-order chi connectivity index (χ0) is 14.9. The fourth-order valence-electron chi connectivity index (χ4n) is 1.53. The quantitative estimate of drug-likeness (QED) is 0.937. The molecule has 106 valence electrons. The Morgan fingerprint density at radius 2 is 2.00 bits per heavy atom. The van der Waals surface area contributed by atoms with Crippen LogP contribution >= 0.6 is 11.6 Å². The van der Waals surface area contributed by atoms with E-state index in [2.05, 4.69) is 0 Å². The molecule has 0 saturated heterocycles. The smallest absolute Gasteiger partial charge is 0.371 e. The fourth-order valence-corrected chi connectivity index (χ4v) is 3.08. The van der Waals surface area contributed by atoms with Gasteiger partial charge in [0.15, 0.2) is 0 Å². The molecule has 0 unspecified atom stereocenters. The molecule has 1 N–H and O–H groups in total. The molecule has 1 aromatic carbocycles. The lowest BCUT2D eigenvalue weighted by atomic mass is 10.2. The molecule has 0 aliphatic heterocycles. The minimum absolute atomic E-state index is 0.0694. The first-order valence-electron chi connectivity index (χ1n) is 5.29. The molecule has 0 atom stereocenters. The maximum absolute atomic E-state index is 13.1. The van der Waals surface area contributed by atoms with Gasteiger partial charge in [0.05, 0.1) is 5.75 Å². The Labute approximate surface area is 118 Å². The highest BCUT2D eigenvalue weighted by atomic mass is 35.5. The summed E-state index contributed by atoms with van der Waals surface area (Å²) in [5.74, 6) is -3.08. The summed E-state index contributed by atoms with van der Waals surface area (Å²) in [4.78, 5) is 10.6. The number of sulfone groups is 1. The van der Waals surface area contributed by atoms with Crippen LogP contribution in [0.2, 0.25) is 5.02 Å². The standard InChI is InChI=1S/C12H8ClFO5S/c13-9-2-1-8(14)5-7(9)6-20(17,18)11-4-3-10(19-11)12(15)16/h1-5H,6H2,(H,15,16). The highest BCUT2D eigenvalue weighted by Crippen LogP contribution is 2.24. The van der Waals surface area contributed by atoms with Crippen LogP contribution in [0, 0.1) is 5.82 Å². The number of carboxylic acid groups (broad SMARTS) is 1. The predicted octanol–water partition coefficient (Wildman–Crippen LogP) is 2.74. The van der Waals surface area contributed by atoms with Gasteiger partial charge in [-0.2, -0.15) is 0 Å². The van der Waals surface area contributed by atoms with Crippen molar-refractivity contribution in [2.45, 2.75) is 10.8 Å². The number of benzene rings is 1. The molecule has 5 nitrogen and oxygen atoms in total. The van der Waals surface area contributed by atoms with Gasteiger partial charge in [-0.05, 0) is 35.9 Å². The number of hydrogen-bond acceptors (Lipinski definition) is 4. The molecule has 1 aromatic heterocycles. The summed E-state index contributed by atoms with van der Waals surface area (Å²) >= 11 is 5.79. The number of halogens is 2. The summed E-state index contributed by atoms with van der Waals surface area (Å²) in [6.45, 7) is 0. The van der Waals surface area contributed by atoms with Crippen molar-refractivity contribution in [1.82, 2.24) is 0 Å². The summed E-state index contributed by atoms with van der Waals surface area (Å²) in [6, 6.07) is 5.41. The van der Waals surface area contributed by atoms with Crippen molar-refractivity contribution in [1.29, 1.82) is 0 Å². The Balaban J connectivity index is 2.35. The van der Waals surface area contributed by atoms with Gasteiger partial charge < -0.3 is 9.52 Å². The van der Waals surface area contributed by atoms with Crippen LogP contribution in [0.15, 0.2) is 39.8 Å². The topological polar surface area (TPSA) is 84.6 Å². The lowest BCUT2D eigenvalue weighted by molar-refractivity contribution is 0.0656. The molecule has 0 radical (unpaired) electrons. The minimum atomic E-state index is -3.95. The Bertz CT molecular complexity index is 766. The van der Waals surface area contributed by atoms with Crippen molar-refractivity contribution in [3.63, 3.8) is 0 Å². The molecule has 1 heterocycles. The third-order valence-corrected chi connectivity index (χ3v) is 4.34. The SMILES string of the molecule is O=C(O)c1ccc(S(=O)(=O)Cc2cc(F)ccc2Cl)o1. The van der Waals surface area contributed by atoms with Gasteiger partial charge in [0.2, 0.25) is 20.7 Å². The van der Waals surface area contributed by atoms with E-state index in [1.165, 1.54) is 6.07 Å². The Hall–Kier alpha value is -1.86. The van der Waals surface area contributed by atoms with E-state index in [0.29, 0.717) is 0 Å². The molecular formula is C12H8ClFO5S. The van der Waals surface area contributed by atoms with Gasteiger partial charge >= 0.3 is 5.97 Å². The van der Waals surface area contributed by atoms with E-state index in [1.807, 2.05) is 0 Å². The Kier molecular flexibility index (Phi) is 3.82. The number of carboxylic acids is 1. The molecule has 0 aliphatic carbocycles. The van der Waals surface area contributed by atoms with Gasteiger partial charge in [-0.3, -0.25) is 0 Å². The number of rotatable bonds is 4. The van der Waals surface area contributed by atoms with Crippen LogP contribution < -0.4 is 0 Å². The van der Waals surface area contributed by atoms with Crippen LogP contribution in [-0.4, -0.2) is 19.5 Å². The largest absolute Gasteiger partial charge is 0.475 e. The maximum Gasteiger partial charge on any atom is 0.371 e. The van der Waals surface area contributed by atoms with E-state index in [4.69, 9.17) is 21.1 Å². The number of carbonyl (C=O) groups is 1. The average Bonchev–Trinajstić information content (AvgIpc) is 2.84. The first kappa shape index (κ1) is 14.5. The van der Waals surface area contributed by atoms with E-state index in [1.54, 1.807) is 0 Å². The fraction of sp³-hybridized carbons (Fsp3) is 0.0833.